The van der Waals surface area contributed by atoms with Gasteiger partial charge >= 0.3 is 5.97 Å². The quantitative estimate of drug-likeness (QED) is 0.822. The van der Waals surface area contributed by atoms with E-state index in [9.17, 15) is 4.79 Å². The number of hydrogen-bond donors (Lipinski definition) is 1. The first-order valence-electron chi connectivity index (χ1n) is 3.97. The summed E-state index contributed by atoms with van der Waals surface area (Å²) in [5.41, 5.74) is 0.924. The lowest BCUT2D eigenvalue weighted by atomic mass is 10.2. The maximum absolute atomic E-state index is 10.5. The summed E-state index contributed by atoms with van der Waals surface area (Å²) in [6.07, 6.45) is 2.95. The fourth-order valence-electron chi connectivity index (χ4n) is 0.944. The Morgan fingerprint density at radius 2 is 2.38 bits per heavy atom. The first-order valence-corrected chi connectivity index (χ1v) is 4.88. The Bertz CT molecular complexity index is 276. The van der Waals surface area contributed by atoms with Crippen molar-refractivity contribution < 1.29 is 9.90 Å². The van der Waals surface area contributed by atoms with E-state index < -0.39 is 10.8 Å². The third-order valence-electron chi connectivity index (χ3n) is 1.65. The molecule has 0 fully saturated rings. The van der Waals surface area contributed by atoms with Gasteiger partial charge in [-0.2, -0.15) is 0 Å². The molecule has 0 aromatic carbocycles. The molecule has 0 aliphatic carbocycles. The summed E-state index contributed by atoms with van der Waals surface area (Å²) in [4.78, 5) is 14.1. The van der Waals surface area contributed by atoms with Crippen molar-refractivity contribution >= 4 is 21.9 Å². The molecule has 0 saturated carbocycles. The van der Waals surface area contributed by atoms with Gasteiger partial charge in [0.25, 0.3) is 0 Å². The number of pyridine rings is 1. The molecule has 70 valence electrons. The minimum absolute atomic E-state index is 0.477. The highest BCUT2D eigenvalue weighted by atomic mass is 79.9. The predicted octanol–water partition coefficient (Wildman–Crippen LogP) is 1.86. The van der Waals surface area contributed by atoms with Crippen LogP contribution in [0.25, 0.3) is 0 Å². The van der Waals surface area contributed by atoms with Gasteiger partial charge in [0.1, 0.15) is 4.83 Å². The molecule has 1 heterocycles. The lowest BCUT2D eigenvalue weighted by molar-refractivity contribution is -0.136. The minimum atomic E-state index is -0.823. The number of halogens is 1. The van der Waals surface area contributed by atoms with E-state index in [1.807, 2.05) is 18.2 Å². The molecule has 0 spiro atoms. The summed E-state index contributed by atoms with van der Waals surface area (Å²) in [5, 5.41) is 8.59. The molecule has 1 unspecified atom stereocenters. The van der Waals surface area contributed by atoms with E-state index in [-0.39, 0.29) is 0 Å². The molecule has 13 heavy (non-hydrogen) atoms. The van der Waals surface area contributed by atoms with Crippen LogP contribution in [0.1, 0.15) is 12.1 Å². The van der Waals surface area contributed by atoms with Crippen LogP contribution in [0.3, 0.4) is 0 Å². The van der Waals surface area contributed by atoms with Crippen molar-refractivity contribution in [2.45, 2.75) is 17.7 Å². The smallest absolute Gasteiger partial charge is 0.317 e. The van der Waals surface area contributed by atoms with E-state index in [0.29, 0.717) is 12.8 Å². The predicted molar refractivity (Wildman–Crippen MR) is 52.9 cm³/mol. The SMILES string of the molecule is O=C(O)C(Br)CCc1ccccn1. The van der Waals surface area contributed by atoms with Crippen molar-refractivity contribution in [1.29, 1.82) is 0 Å². The number of carbonyl (C=O) groups is 1. The average molecular weight is 244 g/mol. The van der Waals surface area contributed by atoms with Gasteiger partial charge in [-0.15, -0.1) is 0 Å². The largest absolute Gasteiger partial charge is 0.480 e. The van der Waals surface area contributed by atoms with E-state index >= 15 is 0 Å². The van der Waals surface area contributed by atoms with Crippen LogP contribution in [0.2, 0.25) is 0 Å². The molecule has 0 aliphatic heterocycles. The molecular formula is C9H10BrNO2. The zero-order chi connectivity index (χ0) is 9.68. The van der Waals surface area contributed by atoms with Gasteiger partial charge in [0.15, 0.2) is 0 Å². The lowest BCUT2D eigenvalue weighted by Crippen LogP contribution is -2.13. The summed E-state index contributed by atoms with van der Waals surface area (Å²) in [6, 6.07) is 5.63. The fraction of sp³-hybridized carbons (Fsp3) is 0.333. The van der Waals surface area contributed by atoms with E-state index in [1.165, 1.54) is 0 Å². The van der Waals surface area contributed by atoms with Crippen LogP contribution in [-0.2, 0) is 11.2 Å². The highest BCUT2D eigenvalue weighted by Gasteiger charge is 2.12. The van der Waals surface area contributed by atoms with Crippen molar-refractivity contribution in [3.8, 4) is 0 Å². The lowest BCUT2D eigenvalue weighted by Gasteiger charge is -2.02. The fourth-order valence-corrected chi connectivity index (χ4v) is 1.17. The van der Waals surface area contributed by atoms with Crippen molar-refractivity contribution in [2.75, 3.05) is 0 Å². The van der Waals surface area contributed by atoms with Gasteiger partial charge in [-0.05, 0) is 25.0 Å². The number of nitrogens with zero attached hydrogens (tertiary/aromatic N) is 1. The molecule has 1 aromatic heterocycles. The number of carboxylic acids is 1. The minimum Gasteiger partial charge on any atom is -0.480 e. The van der Waals surface area contributed by atoms with E-state index in [1.54, 1.807) is 6.20 Å². The highest BCUT2D eigenvalue weighted by molar-refractivity contribution is 9.10. The second-order valence-corrected chi connectivity index (χ2v) is 3.77. The van der Waals surface area contributed by atoms with Gasteiger partial charge in [0.2, 0.25) is 0 Å². The van der Waals surface area contributed by atoms with E-state index in [0.717, 1.165) is 5.69 Å². The highest BCUT2D eigenvalue weighted by Crippen LogP contribution is 2.09. The summed E-state index contributed by atoms with van der Waals surface area (Å²) >= 11 is 3.07. The molecule has 1 rings (SSSR count). The average Bonchev–Trinajstić information content (AvgIpc) is 2.15. The topological polar surface area (TPSA) is 50.2 Å². The Hall–Kier alpha value is -0.900. The van der Waals surface area contributed by atoms with Gasteiger partial charge < -0.3 is 5.11 Å². The van der Waals surface area contributed by atoms with Gasteiger partial charge in [0.05, 0.1) is 0 Å². The molecule has 0 radical (unpaired) electrons. The molecule has 0 amide bonds. The molecular weight excluding hydrogens is 234 g/mol. The third-order valence-corrected chi connectivity index (χ3v) is 2.50. The molecule has 1 N–H and O–H groups in total. The van der Waals surface area contributed by atoms with Crippen molar-refractivity contribution in [2.24, 2.45) is 0 Å². The van der Waals surface area contributed by atoms with Crippen molar-refractivity contribution in [3.63, 3.8) is 0 Å². The maximum Gasteiger partial charge on any atom is 0.317 e. The molecule has 1 aromatic rings. The molecule has 0 aliphatic rings. The summed E-state index contributed by atoms with van der Waals surface area (Å²) in [7, 11) is 0. The van der Waals surface area contributed by atoms with Crippen LogP contribution in [0.15, 0.2) is 24.4 Å². The number of alkyl halides is 1. The zero-order valence-corrected chi connectivity index (χ0v) is 8.57. The number of hydrogen-bond acceptors (Lipinski definition) is 2. The maximum atomic E-state index is 10.5. The van der Waals surface area contributed by atoms with E-state index in [4.69, 9.17) is 5.11 Å². The molecule has 0 saturated heterocycles. The number of carboxylic acid groups (broad SMARTS) is 1. The first-order chi connectivity index (χ1) is 6.20. The van der Waals surface area contributed by atoms with Crippen LogP contribution in [0.5, 0.6) is 0 Å². The summed E-state index contributed by atoms with van der Waals surface area (Å²) in [5.74, 6) is -0.823. The van der Waals surface area contributed by atoms with Crippen molar-refractivity contribution in [1.82, 2.24) is 4.98 Å². The Morgan fingerprint density at radius 1 is 1.62 bits per heavy atom. The Balaban J connectivity index is 2.39. The summed E-state index contributed by atoms with van der Waals surface area (Å²) < 4.78 is 0. The molecule has 0 bridgehead atoms. The number of rotatable bonds is 4. The normalized spacial score (nSPS) is 12.4. The zero-order valence-electron chi connectivity index (χ0n) is 6.98. The van der Waals surface area contributed by atoms with Crippen LogP contribution in [0.4, 0.5) is 0 Å². The van der Waals surface area contributed by atoms with Crippen molar-refractivity contribution in [3.05, 3.63) is 30.1 Å². The second kappa shape index (κ2) is 4.97. The van der Waals surface area contributed by atoms with Gasteiger partial charge in [-0.1, -0.05) is 22.0 Å². The third kappa shape index (κ3) is 3.55. The van der Waals surface area contributed by atoms with Gasteiger partial charge in [0, 0.05) is 11.9 Å². The monoisotopic (exact) mass is 243 g/mol. The number of aryl methyl sites for hydroxylation is 1. The Morgan fingerprint density at radius 3 is 2.92 bits per heavy atom. The molecule has 1 atom stereocenters. The second-order valence-electron chi connectivity index (χ2n) is 2.67. The number of aliphatic carboxylic acids is 1. The van der Waals surface area contributed by atoms with Crippen LogP contribution in [0, 0.1) is 0 Å². The van der Waals surface area contributed by atoms with E-state index in [2.05, 4.69) is 20.9 Å². The Labute approximate surface area is 84.9 Å². The summed E-state index contributed by atoms with van der Waals surface area (Å²) in [6.45, 7) is 0. The molecule has 4 heteroatoms. The van der Waals surface area contributed by atoms with Gasteiger partial charge in [-0.25, -0.2) is 0 Å². The Kier molecular flexibility index (Phi) is 3.89. The van der Waals surface area contributed by atoms with Gasteiger partial charge in [-0.3, -0.25) is 9.78 Å². The standard InChI is InChI=1S/C9H10BrNO2/c10-8(9(12)13)5-4-7-3-1-2-6-11-7/h1-3,6,8H,4-5H2,(H,12,13). The van der Waals surface area contributed by atoms with Crippen LogP contribution in [-0.4, -0.2) is 20.9 Å². The molecule has 3 nitrogen and oxygen atoms in total. The van der Waals surface area contributed by atoms with Crippen LogP contribution >= 0.6 is 15.9 Å². The van der Waals surface area contributed by atoms with Crippen LogP contribution < -0.4 is 0 Å². The first kappa shape index (κ1) is 10.2. The number of aromatic nitrogens is 1.